The molecular weight excluding hydrogens is 684 g/mol. The van der Waals surface area contributed by atoms with Gasteiger partial charge < -0.3 is 39.4 Å². The van der Waals surface area contributed by atoms with Crippen LogP contribution in [-0.4, -0.2) is 89.6 Å². The Kier molecular flexibility index (Phi) is 33.4. The molecule has 310 valence electrons. The summed E-state index contributed by atoms with van der Waals surface area (Å²) < 4.78 is 22.6. The van der Waals surface area contributed by atoms with Crippen molar-refractivity contribution in [1.29, 1.82) is 0 Å². The Labute approximate surface area is 327 Å². The third-order valence-corrected chi connectivity index (χ3v) is 9.14. The molecule has 0 aromatic rings. The van der Waals surface area contributed by atoms with Crippen LogP contribution in [0.1, 0.15) is 142 Å². The smallest absolute Gasteiger partial charge is 0.306 e. The van der Waals surface area contributed by atoms with E-state index in [1.165, 1.54) is 38.5 Å². The third kappa shape index (κ3) is 27.2. The number of aliphatic hydroxyl groups is 4. The van der Waals surface area contributed by atoms with Crippen molar-refractivity contribution in [3.8, 4) is 0 Å². The third-order valence-electron chi connectivity index (χ3n) is 9.14. The summed E-state index contributed by atoms with van der Waals surface area (Å²) in [6.45, 7) is 4.36. The quantitative estimate of drug-likeness (QED) is 0.0288. The molecule has 9 heteroatoms. The van der Waals surface area contributed by atoms with E-state index >= 15 is 0 Å². The van der Waals surface area contributed by atoms with Crippen molar-refractivity contribution in [2.45, 2.75) is 179 Å². The molecule has 0 spiro atoms. The maximum absolute atomic E-state index is 12.7. The molecule has 1 fully saturated rings. The number of hydrogen-bond donors (Lipinski definition) is 4. The summed E-state index contributed by atoms with van der Waals surface area (Å²) >= 11 is 0. The van der Waals surface area contributed by atoms with Gasteiger partial charge in [0.05, 0.1) is 19.8 Å². The van der Waals surface area contributed by atoms with Crippen molar-refractivity contribution in [2.24, 2.45) is 0 Å². The van der Waals surface area contributed by atoms with Crippen LogP contribution in [0.15, 0.2) is 72.9 Å². The molecule has 54 heavy (non-hydrogen) atoms. The molecule has 0 aromatic heterocycles. The second-order valence-corrected chi connectivity index (χ2v) is 14.1. The van der Waals surface area contributed by atoms with Gasteiger partial charge in [-0.3, -0.25) is 4.79 Å². The Morgan fingerprint density at radius 1 is 0.611 bits per heavy atom. The zero-order valence-corrected chi connectivity index (χ0v) is 33.7. The van der Waals surface area contributed by atoms with Crippen molar-refractivity contribution < 1.29 is 44.2 Å². The van der Waals surface area contributed by atoms with Gasteiger partial charge in [0.15, 0.2) is 6.29 Å². The summed E-state index contributed by atoms with van der Waals surface area (Å²) in [5.41, 5.74) is 0. The number of aliphatic hydroxyl groups excluding tert-OH is 4. The van der Waals surface area contributed by atoms with E-state index in [9.17, 15) is 25.2 Å². The molecule has 0 bridgehead atoms. The summed E-state index contributed by atoms with van der Waals surface area (Å²) in [4.78, 5) is 12.7. The molecule has 0 aliphatic carbocycles. The minimum Gasteiger partial charge on any atom is -0.457 e. The van der Waals surface area contributed by atoms with Gasteiger partial charge in [-0.1, -0.05) is 145 Å². The number of rotatable bonds is 34. The van der Waals surface area contributed by atoms with E-state index in [1.807, 2.05) is 0 Å². The zero-order valence-electron chi connectivity index (χ0n) is 33.7. The zero-order chi connectivity index (χ0) is 39.3. The van der Waals surface area contributed by atoms with Gasteiger partial charge in [0.1, 0.15) is 30.5 Å². The van der Waals surface area contributed by atoms with E-state index in [0.29, 0.717) is 6.61 Å². The van der Waals surface area contributed by atoms with Crippen LogP contribution in [0.3, 0.4) is 0 Å². The normalized spacial score (nSPS) is 21.6. The van der Waals surface area contributed by atoms with Crippen molar-refractivity contribution >= 4 is 5.97 Å². The second kappa shape index (κ2) is 36.3. The average molecular weight is 761 g/mol. The predicted molar refractivity (Wildman–Crippen MR) is 219 cm³/mol. The molecule has 6 atom stereocenters. The number of hydrogen-bond acceptors (Lipinski definition) is 9. The molecule has 6 unspecified atom stereocenters. The van der Waals surface area contributed by atoms with Gasteiger partial charge in [0.2, 0.25) is 0 Å². The van der Waals surface area contributed by atoms with E-state index in [1.54, 1.807) is 0 Å². The van der Waals surface area contributed by atoms with Crippen LogP contribution in [0, 0.1) is 0 Å². The lowest BCUT2D eigenvalue weighted by molar-refractivity contribution is -0.305. The van der Waals surface area contributed by atoms with Crippen molar-refractivity contribution in [3.05, 3.63) is 72.9 Å². The van der Waals surface area contributed by atoms with Gasteiger partial charge in [0, 0.05) is 13.0 Å². The van der Waals surface area contributed by atoms with Gasteiger partial charge in [-0.05, 0) is 64.2 Å². The lowest BCUT2D eigenvalue weighted by Crippen LogP contribution is -2.59. The first kappa shape index (κ1) is 49.6. The summed E-state index contributed by atoms with van der Waals surface area (Å²) in [5, 5.41) is 39.9. The molecule has 1 heterocycles. The Balaban J connectivity index is 2.27. The fourth-order valence-electron chi connectivity index (χ4n) is 5.85. The SMILES string of the molecule is CC/C=C\C/C=C\C/C=C\C/C=C\C/C=C\C/C=C\CCCCCCC(=O)OC(COCCCCCCCCCC)COC1OC(CO)C(O)C(O)C1O. The van der Waals surface area contributed by atoms with Crippen molar-refractivity contribution in [2.75, 3.05) is 26.4 Å². The number of unbranched alkanes of at least 4 members (excludes halogenated alkanes) is 11. The van der Waals surface area contributed by atoms with Gasteiger partial charge >= 0.3 is 5.97 Å². The van der Waals surface area contributed by atoms with Crippen LogP contribution in [-0.2, 0) is 23.7 Å². The molecule has 0 aromatic carbocycles. The van der Waals surface area contributed by atoms with E-state index < -0.39 is 43.4 Å². The molecule has 0 saturated carbocycles. The summed E-state index contributed by atoms with van der Waals surface area (Å²) in [6.07, 6.45) is 39.3. The predicted octanol–water partition coefficient (Wildman–Crippen LogP) is 8.91. The highest BCUT2D eigenvalue weighted by molar-refractivity contribution is 5.69. The topological polar surface area (TPSA) is 135 Å². The van der Waals surface area contributed by atoms with E-state index in [2.05, 4.69) is 86.8 Å². The highest BCUT2D eigenvalue weighted by atomic mass is 16.7. The van der Waals surface area contributed by atoms with Gasteiger partial charge in [0.25, 0.3) is 0 Å². The number of allylic oxidation sites excluding steroid dienone is 12. The van der Waals surface area contributed by atoms with Gasteiger partial charge in [-0.25, -0.2) is 0 Å². The van der Waals surface area contributed by atoms with E-state index in [0.717, 1.165) is 83.5 Å². The lowest BCUT2D eigenvalue weighted by Gasteiger charge is -2.39. The number of ether oxygens (including phenoxy) is 4. The van der Waals surface area contributed by atoms with Crippen molar-refractivity contribution in [1.82, 2.24) is 0 Å². The van der Waals surface area contributed by atoms with E-state index in [-0.39, 0.29) is 25.6 Å². The average Bonchev–Trinajstić information content (AvgIpc) is 3.17. The molecular formula is C45H76O9. The molecule has 4 N–H and O–H groups in total. The molecule has 1 rings (SSSR count). The van der Waals surface area contributed by atoms with Crippen LogP contribution in [0.2, 0.25) is 0 Å². The van der Waals surface area contributed by atoms with Crippen molar-refractivity contribution in [3.63, 3.8) is 0 Å². The molecule has 0 radical (unpaired) electrons. The maximum atomic E-state index is 12.7. The first-order chi connectivity index (χ1) is 26.4. The lowest BCUT2D eigenvalue weighted by atomic mass is 9.99. The first-order valence-electron chi connectivity index (χ1n) is 21.0. The fraction of sp³-hybridized carbons (Fsp3) is 0.711. The standard InChI is InChI=1S/C45H76O9/c1-3-5-7-9-11-13-14-15-16-17-18-19-20-21-22-23-24-25-26-27-28-30-32-34-41(47)53-39(37-51-35-33-31-29-12-10-8-6-4-2)38-52-45-44(50)43(49)42(48)40(36-46)54-45/h5,7,11,13,15-16,18-19,21-22,24-25,39-40,42-46,48-50H,3-4,6,8-10,12,14,17,20,23,26-38H2,1-2H3/b7-5-,13-11-,16-15-,19-18-,22-21-,25-24-. The monoisotopic (exact) mass is 761 g/mol. The Bertz CT molecular complexity index is 1050. The molecule has 9 nitrogen and oxygen atoms in total. The van der Waals surface area contributed by atoms with Crippen LogP contribution in [0.4, 0.5) is 0 Å². The minimum absolute atomic E-state index is 0.127. The van der Waals surface area contributed by atoms with Crippen LogP contribution >= 0.6 is 0 Å². The summed E-state index contributed by atoms with van der Waals surface area (Å²) in [5.74, 6) is -0.343. The highest BCUT2D eigenvalue weighted by Crippen LogP contribution is 2.22. The Morgan fingerprint density at radius 3 is 1.70 bits per heavy atom. The Hall–Kier alpha value is -2.37. The Morgan fingerprint density at radius 2 is 1.13 bits per heavy atom. The molecule has 1 saturated heterocycles. The maximum Gasteiger partial charge on any atom is 0.306 e. The first-order valence-corrected chi connectivity index (χ1v) is 21.0. The number of carbonyl (C=O) groups is 1. The van der Waals surface area contributed by atoms with E-state index in [4.69, 9.17) is 18.9 Å². The number of esters is 1. The minimum atomic E-state index is -1.54. The second-order valence-electron chi connectivity index (χ2n) is 14.1. The van der Waals surface area contributed by atoms with Crippen LogP contribution in [0.25, 0.3) is 0 Å². The summed E-state index contributed by atoms with van der Waals surface area (Å²) in [7, 11) is 0. The molecule has 1 aliphatic heterocycles. The molecule has 1 aliphatic rings. The highest BCUT2D eigenvalue weighted by Gasteiger charge is 2.44. The molecule has 0 amide bonds. The van der Waals surface area contributed by atoms with Gasteiger partial charge in [-0.15, -0.1) is 0 Å². The van der Waals surface area contributed by atoms with Gasteiger partial charge in [-0.2, -0.15) is 0 Å². The largest absolute Gasteiger partial charge is 0.457 e. The van der Waals surface area contributed by atoms with Crippen LogP contribution in [0.5, 0.6) is 0 Å². The van der Waals surface area contributed by atoms with Crippen LogP contribution < -0.4 is 0 Å². The summed E-state index contributed by atoms with van der Waals surface area (Å²) in [6, 6.07) is 0. The number of carbonyl (C=O) groups excluding carboxylic acids is 1. The fourth-order valence-corrected chi connectivity index (χ4v) is 5.85.